The van der Waals surface area contributed by atoms with Crippen LogP contribution in [0, 0.1) is 10.1 Å². The first-order chi connectivity index (χ1) is 9.93. The van der Waals surface area contributed by atoms with Crippen molar-refractivity contribution in [3.63, 3.8) is 0 Å². The zero-order valence-electron chi connectivity index (χ0n) is 11.5. The highest BCUT2D eigenvalue weighted by molar-refractivity contribution is 9.10. The molecular formula is C13H13BrClN3O3. The van der Waals surface area contributed by atoms with Crippen LogP contribution in [-0.4, -0.2) is 14.7 Å². The van der Waals surface area contributed by atoms with Gasteiger partial charge in [-0.1, -0.05) is 40.9 Å². The van der Waals surface area contributed by atoms with Gasteiger partial charge in [0.15, 0.2) is 0 Å². The van der Waals surface area contributed by atoms with Gasteiger partial charge in [0.05, 0.1) is 9.95 Å². The van der Waals surface area contributed by atoms with E-state index in [0.29, 0.717) is 22.9 Å². The summed E-state index contributed by atoms with van der Waals surface area (Å²) in [5.41, 5.74) is 0.293. The van der Waals surface area contributed by atoms with Gasteiger partial charge in [0.2, 0.25) is 0 Å². The van der Waals surface area contributed by atoms with Gasteiger partial charge in [-0.2, -0.15) is 5.10 Å². The second-order valence-electron chi connectivity index (χ2n) is 4.41. The van der Waals surface area contributed by atoms with Gasteiger partial charge >= 0.3 is 5.69 Å². The number of halogens is 2. The van der Waals surface area contributed by atoms with Crippen molar-refractivity contribution in [1.82, 2.24) is 9.78 Å². The van der Waals surface area contributed by atoms with E-state index in [2.05, 4.69) is 21.0 Å². The molecule has 0 spiro atoms. The van der Waals surface area contributed by atoms with Crippen LogP contribution in [0.2, 0.25) is 5.02 Å². The van der Waals surface area contributed by atoms with Gasteiger partial charge in [-0.05, 0) is 24.6 Å². The number of nitro groups is 1. The zero-order chi connectivity index (χ0) is 15.6. The van der Waals surface area contributed by atoms with Crippen molar-refractivity contribution in [2.45, 2.75) is 19.8 Å². The van der Waals surface area contributed by atoms with Crippen molar-refractivity contribution in [3.05, 3.63) is 43.5 Å². The van der Waals surface area contributed by atoms with E-state index in [-0.39, 0.29) is 11.6 Å². The first-order valence-corrected chi connectivity index (χ1v) is 7.44. The van der Waals surface area contributed by atoms with Gasteiger partial charge in [0, 0.05) is 11.5 Å². The van der Waals surface area contributed by atoms with E-state index < -0.39 is 4.92 Å². The quantitative estimate of drug-likeness (QED) is 0.571. The van der Waals surface area contributed by atoms with Gasteiger partial charge < -0.3 is 4.74 Å². The van der Waals surface area contributed by atoms with Crippen LogP contribution in [0.25, 0.3) is 0 Å². The van der Waals surface area contributed by atoms with Crippen LogP contribution in [0.15, 0.2) is 22.7 Å². The van der Waals surface area contributed by atoms with Crippen molar-refractivity contribution in [2.24, 2.45) is 7.05 Å². The minimum Gasteiger partial charge on any atom is -0.432 e. The van der Waals surface area contributed by atoms with E-state index in [0.717, 1.165) is 10.9 Å². The first-order valence-electron chi connectivity index (χ1n) is 6.27. The van der Waals surface area contributed by atoms with Crippen molar-refractivity contribution in [2.75, 3.05) is 0 Å². The lowest BCUT2D eigenvalue weighted by molar-refractivity contribution is -0.386. The molecule has 0 fully saturated rings. The lowest BCUT2D eigenvalue weighted by Crippen LogP contribution is -1.98. The molecule has 1 aromatic heterocycles. The number of aryl methyl sites for hydroxylation is 2. The molecule has 0 aliphatic rings. The molecule has 8 heteroatoms. The highest BCUT2D eigenvalue weighted by Gasteiger charge is 2.28. The van der Waals surface area contributed by atoms with E-state index in [1.165, 1.54) is 4.68 Å². The number of nitrogens with zero attached hydrogens (tertiary/aromatic N) is 3. The first kappa shape index (κ1) is 15.8. The summed E-state index contributed by atoms with van der Waals surface area (Å²) in [7, 11) is 1.60. The maximum Gasteiger partial charge on any atom is 0.353 e. The van der Waals surface area contributed by atoms with Gasteiger partial charge in [0.25, 0.3) is 5.88 Å². The van der Waals surface area contributed by atoms with Crippen LogP contribution in [0.4, 0.5) is 5.69 Å². The third-order valence-electron chi connectivity index (χ3n) is 2.81. The molecule has 0 saturated carbocycles. The normalized spacial score (nSPS) is 10.7. The molecule has 6 nitrogen and oxygen atoms in total. The van der Waals surface area contributed by atoms with E-state index >= 15 is 0 Å². The summed E-state index contributed by atoms with van der Waals surface area (Å²) in [5, 5.41) is 15.8. The summed E-state index contributed by atoms with van der Waals surface area (Å²) in [6.45, 7) is 1.93. The summed E-state index contributed by atoms with van der Waals surface area (Å²) in [5.74, 6) is 0.406. The Bertz CT molecular complexity index is 688. The van der Waals surface area contributed by atoms with Crippen LogP contribution in [0.5, 0.6) is 11.6 Å². The molecule has 0 N–H and O–H groups in total. The molecule has 0 bridgehead atoms. The number of benzene rings is 1. The number of ether oxygens (including phenoxy) is 1. The third kappa shape index (κ3) is 3.36. The molecule has 21 heavy (non-hydrogen) atoms. The van der Waals surface area contributed by atoms with Crippen LogP contribution < -0.4 is 4.74 Å². The highest BCUT2D eigenvalue weighted by Crippen LogP contribution is 2.38. The molecule has 0 aliphatic heterocycles. The fraction of sp³-hybridized carbons (Fsp3) is 0.308. The third-order valence-corrected chi connectivity index (χ3v) is 3.62. The van der Waals surface area contributed by atoms with E-state index in [1.807, 2.05) is 6.92 Å². The van der Waals surface area contributed by atoms with Crippen molar-refractivity contribution >= 4 is 33.2 Å². The van der Waals surface area contributed by atoms with Crippen LogP contribution in [0.3, 0.4) is 0 Å². The molecule has 1 aromatic carbocycles. The maximum atomic E-state index is 11.3. The summed E-state index contributed by atoms with van der Waals surface area (Å²) in [4.78, 5) is 10.8. The number of rotatable bonds is 5. The lowest BCUT2D eigenvalue weighted by Gasteiger charge is -2.07. The molecule has 0 saturated heterocycles. The van der Waals surface area contributed by atoms with Crippen LogP contribution >= 0.6 is 27.5 Å². The average molecular weight is 375 g/mol. The summed E-state index contributed by atoms with van der Waals surface area (Å²) in [6, 6.07) is 5.06. The van der Waals surface area contributed by atoms with Gasteiger partial charge in [0.1, 0.15) is 11.4 Å². The molecule has 0 radical (unpaired) electrons. The molecule has 112 valence electrons. The summed E-state index contributed by atoms with van der Waals surface area (Å²) in [6.07, 6.45) is 1.27. The van der Waals surface area contributed by atoms with Crippen molar-refractivity contribution in [3.8, 4) is 11.6 Å². The summed E-state index contributed by atoms with van der Waals surface area (Å²) >= 11 is 9.36. The Labute approximate surface area is 134 Å². The monoisotopic (exact) mass is 373 g/mol. The van der Waals surface area contributed by atoms with Gasteiger partial charge in [-0.15, -0.1) is 0 Å². The average Bonchev–Trinajstić information content (AvgIpc) is 2.71. The summed E-state index contributed by atoms with van der Waals surface area (Å²) < 4.78 is 7.76. The van der Waals surface area contributed by atoms with Crippen LogP contribution in [0.1, 0.15) is 19.0 Å². The second kappa shape index (κ2) is 6.44. The van der Waals surface area contributed by atoms with E-state index in [4.69, 9.17) is 16.3 Å². The standard InChI is InChI=1S/C13H13BrClN3O3/c1-3-4-10-12(18(19)20)13(17(2)16-10)21-11-7-8(14)5-6-9(11)15/h5-7H,3-4H2,1-2H3. The molecule has 0 unspecified atom stereocenters. The lowest BCUT2D eigenvalue weighted by atomic mass is 10.2. The Kier molecular flexibility index (Phi) is 4.84. The number of hydrogen-bond acceptors (Lipinski definition) is 4. The van der Waals surface area contributed by atoms with E-state index in [9.17, 15) is 10.1 Å². The molecule has 0 amide bonds. The Balaban J connectivity index is 2.48. The minimum absolute atomic E-state index is 0.0726. The van der Waals surface area contributed by atoms with Crippen molar-refractivity contribution in [1.29, 1.82) is 0 Å². The predicted molar refractivity (Wildman–Crippen MR) is 83.1 cm³/mol. The fourth-order valence-corrected chi connectivity index (χ4v) is 2.41. The van der Waals surface area contributed by atoms with Gasteiger partial charge in [-0.25, -0.2) is 4.68 Å². The largest absolute Gasteiger partial charge is 0.432 e. The maximum absolute atomic E-state index is 11.3. The zero-order valence-corrected chi connectivity index (χ0v) is 13.8. The Morgan fingerprint density at radius 1 is 1.52 bits per heavy atom. The predicted octanol–water partition coefficient (Wildman–Crippen LogP) is 4.49. The topological polar surface area (TPSA) is 70.2 Å². The number of hydrogen-bond donors (Lipinski definition) is 0. The molecule has 1 heterocycles. The fourth-order valence-electron chi connectivity index (χ4n) is 1.91. The minimum atomic E-state index is -0.473. The Morgan fingerprint density at radius 2 is 2.24 bits per heavy atom. The molecule has 0 aliphatic carbocycles. The second-order valence-corrected chi connectivity index (χ2v) is 5.73. The smallest absolute Gasteiger partial charge is 0.353 e. The van der Waals surface area contributed by atoms with E-state index in [1.54, 1.807) is 25.2 Å². The SMILES string of the molecule is CCCc1nn(C)c(Oc2cc(Br)ccc2Cl)c1[N+](=O)[O-]. The molecule has 2 rings (SSSR count). The molecule has 0 atom stereocenters. The van der Waals surface area contributed by atoms with Gasteiger partial charge in [-0.3, -0.25) is 10.1 Å². The number of aromatic nitrogens is 2. The van der Waals surface area contributed by atoms with Crippen LogP contribution in [-0.2, 0) is 13.5 Å². The molecular weight excluding hydrogens is 362 g/mol. The molecule has 2 aromatic rings. The Hall–Kier alpha value is -1.60. The Morgan fingerprint density at radius 3 is 2.86 bits per heavy atom. The highest BCUT2D eigenvalue weighted by atomic mass is 79.9. The van der Waals surface area contributed by atoms with Crippen molar-refractivity contribution < 1.29 is 9.66 Å².